The van der Waals surface area contributed by atoms with Crippen molar-refractivity contribution in [3.05, 3.63) is 93.0 Å². The molecule has 4 rings (SSSR count). The molecule has 0 bridgehead atoms. The van der Waals surface area contributed by atoms with Gasteiger partial charge in [-0.2, -0.15) is 0 Å². The number of hydrogen-bond donors (Lipinski definition) is 0. The van der Waals surface area contributed by atoms with E-state index in [0.29, 0.717) is 6.71 Å². The zero-order valence-electron chi connectivity index (χ0n) is 18.4. The minimum Gasteiger partial charge on any atom is -0.101 e. The molecule has 3 aromatic rings. The van der Waals surface area contributed by atoms with Gasteiger partial charge in [-0.15, -0.1) is 5.92 Å². The minimum atomic E-state index is 0.336. The molecule has 1 heterocycles. The third kappa shape index (κ3) is 3.85. The van der Waals surface area contributed by atoms with E-state index >= 15 is 0 Å². The average Bonchev–Trinajstić information content (AvgIpc) is 2.86. The molecule has 0 saturated heterocycles. The Labute approximate surface area is 181 Å². The van der Waals surface area contributed by atoms with Gasteiger partial charge in [-0.05, 0) is 68.1 Å². The molecular formula is C29H25B. The SMILES string of the molecule is CC#Cc1cc(C)c(C#Cc2ccc3c(c2)B(C)c2cc(C)ccc2C=C3)cc1C. The first-order chi connectivity index (χ1) is 14.5. The maximum absolute atomic E-state index is 3.40. The summed E-state index contributed by atoms with van der Waals surface area (Å²) in [5.74, 6) is 12.9. The second-order valence-corrected chi connectivity index (χ2v) is 8.14. The first kappa shape index (κ1) is 19.9. The van der Waals surface area contributed by atoms with Crippen molar-refractivity contribution >= 4 is 29.8 Å². The van der Waals surface area contributed by atoms with Gasteiger partial charge in [0.2, 0.25) is 6.71 Å². The highest BCUT2D eigenvalue weighted by Crippen LogP contribution is 2.16. The molecule has 1 aliphatic rings. The summed E-state index contributed by atoms with van der Waals surface area (Å²) in [6.45, 7) is 10.9. The van der Waals surface area contributed by atoms with E-state index in [1.54, 1.807) is 0 Å². The van der Waals surface area contributed by atoms with Crippen molar-refractivity contribution in [1.29, 1.82) is 0 Å². The summed E-state index contributed by atoms with van der Waals surface area (Å²) in [5, 5.41) is 0. The third-order valence-electron chi connectivity index (χ3n) is 5.88. The molecule has 1 heteroatoms. The monoisotopic (exact) mass is 384 g/mol. The van der Waals surface area contributed by atoms with Crippen molar-refractivity contribution in [1.82, 2.24) is 0 Å². The Balaban J connectivity index is 1.73. The fourth-order valence-corrected chi connectivity index (χ4v) is 4.11. The minimum absolute atomic E-state index is 0.336. The Morgan fingerprint density at radius 1 is 0.667 bits per heavy atom. The second kappa shape index (κ2) is 8.14. The van der Waals surface area contributed by atoms with E-state index in [9.17, 15) is 0 Å². The van der Waals surface area contributed by atoms with E-state index in [1.807, 2.05) is 6.92 Å². The number of fused-ring (bicyclic) bond motifs is 2. The molecule has 0 nitrogen and oxygen atoms in total. The van der Waals surface area contributed by atoms with Crippen LogP contribution in [0.15, 0.2) is 48.5 Å². The summed E-state index contributed by atoms with van der Waals surface area (Å²) >= 11 is 0. The van der Waals surface area contributed by atoms with Gasteiger partial charge in [-0.1, -0.05) is 83.6 Å². The molecule has 0 fully saturated rings. The van der Waals surface area contributed by atoms with Crippen LogP contribution < -0.4 is 10.9 Å². The van der Waals surface area contributed by atoms with Crippen LogP contribution in [0.4, 0.5) is 0 Å². The predicted octanol–water partition coefficient (Wildman–Crippen LogP) is 5.11. The van der Waals surface area contributed by atoms with Crippen molar-refractivity contribution in [3.8, 4) is 23.7 Å². The first-order valence-electron chi connectivity index (χ1n) is 10.4. The molecule has 0 aliphatic carbocycles. The van der Waals surface area contributed by atoms with Crippen molar-refractivity contribution < 1.29 is 0 Å². The van der Waals surface area contributed by atoms with Crippen LogP contribution in [0.2, 0.25) is 6.82 Å². The lowest BCUT2D eigenvalue weighted by Crippen LogP contribution is -2.41. The summed E-state index contributed by atoms with van der Waals surface area (Å²) in [4.78, 5) is 0. The largest absolute Gasteiger partial charge is 0.207 e. The van der Waals surface area contributed by atoms with E-state index in [1.165, 1.54) is 38.7 Å². The van der Waals surface area contributed by atoms with E-state index < -0.39 is 0 Å². The summed E-state index contributed by atoms with van der Waals surface area (Å²) in [7, 11) is 0. The highest BCUT2D eigenvalue weighted by atomic mass is 14.1. The topological polar surface area (TPSA) is 0 Å². The lowest BCUT2D eigenvalue weighted by molar-refractivity contribution is 1.35. The van der Waals surface area contributed by atoms with Gasteiger partial charge in [0.1, 0.15) is 0 Å². The Kier molecular flexibility index (Phi) is 5.39. The van der Waals surface area contributed by atoms with Gasteiger partial charge in [0.25, 0.3) is 0 Å². The molecule has 0 atom stereocenters. The van der Waals surface area contributed by atoms with Crippen LogP contribution in [0.3, 0.4) is 0 Å². The molecule has 0 aromatic heterocycles. The summed E-state index contributed by atoms with van der Waals surface area (Å²) < 4.78 is 0. The van der Waals surface area contributed by atoms with Crippen LogP contribution in [0.5, 0.6) is 0 Å². The highest BCUT2D eigenvalue weighted by molar-refractivity contribution is 6.85. The van der Waals surface area contributed by atoms with Gasteiger partial charge in [-0.25, -0.2) is 0 Å². The number of aryl methyl sites for hydroxylation is 3. The van der Waals surface area contributed by atoms with Crippen molar-refractivity contribution in [3.63, 3.8) is 0 Å². The molecule has 0 spiro atoms. The van der Waals surface area contributed by atoms with E-state index in [4.69, 9.17) is 0 Å². The fourth-order valence-electron chi connectivity index (χ4n) is 4.11. The summed E-state index contributed by atoms with van der Waals surface area (Å²) in [6.07, 6.45) is 4.46. The van der Waals surface area contributed by atoms with Crippen LogP contribution in [-0.4, -0.2) is 6.71 Å². The predicted molar refractivity (Wildman–Crippen MR) is 132 cm³/mol. The van der Waals surface area contributed by atoms with Crippen LogP contribution in [0.25, 0.3) is 12.2 Å². The smallest absolute Gasteiger partial charge is 0.101 e. The van der Waals surface area contributed by atoms with Crippen molar-refractivity contribution in [2.24, 2.45) is 0 Å². The summed E-state index contributed by atoms with van der Waals surface area (Å²) in [5.41, 5.74) is 12.1. The number of rotatable bonds is 0. The van der Waals surface area contributed by atoms with Crippen LogP contribution in [0.1, 0.15) is 51.4 Å². The Morgan fingerprint density at radius 2 is 1.27 bits per heavy atom. The van der Waals surface area contributed by atoms with E-state index in [-0.39, 0.29) is 0 Å². The maximum Gasteiger partial charge on any atom is 0.207 e. The quantitative estimate of drug-likeness (QED) is 0.373. The van der Waals surface area contributed by atoms with Gasteiger partial charge in [0.05, 0.1) is 0 Å². The van der Waals surface area contributed by atoms with Gasteiger partial charge >= 0.3 is 0 Å². The molecule has 0 N–H and O–H groups in total. The Bertz CT molecular complexity index is 1300. The standard InChI is InChI=1S/C29H25B/c1-6-7-26-17-22(4)27(18-21(26)3)13-10-23-9-12-25-15-14-24-11-8-20(2)16-28(24)30(5)29(25)19-23/h8-9,11-12,14-19H,1-5H3. The van der Waals surface area contributed by atoms with Crippen molar-refractivity contribution in [2.45, 2.75) is 34.5 Å². The van der Waals surface area contributed by atoms with Crippen molar-refractivity contribution in [2.75, 3.05) is 0 Å². The van der Waals surface area contributed by atoms with Gasteiger partial charge in [-0.3, -0.25) is 0 Å². The Morgan fingerprint density at radius 3 is 1.93 bits per heavy atom. The number of hydrogen-bond acceptors (Lipinski definition) is 0. The zero-order chi connectivity index (χ0) is 21.3. The molecule has 0 saturated carbocycles. The molecule has 0 amide bonds. The molecule has 1 aliphatic heterocycles. The lowest BCUT2D eigenvalue weighted by atomic mass is 9.41. The van der Waals surface area contributed by atoms with E-state index in [0.717, 1.165) is 16.7 Å². The molecule has 144 valence electrons. The third-order valence-corrected chi connectivity index (χ3v) is 5.88. The van der Waals surface area contributed by atoms with Gasteiger partial charge in [0, 0.05) is 16.7 Å². The van der Waals surface area contributed by atoms with E-state index in [2.05, 4.69) is 112 Å². The van der Waals surface area contributed by atoms with Gasteiger partial charge < -0.3 is 0 Å². The molecule has 3 aromatic carbocycles. The maximum atomic E-state index is 3.40. The molecule has 0 radical (unpaired) electrons. The second-order valence-electron chi connectivity index (χ2n) is 8.14. The molecule has 30 heavy (non-hydrogen) atoms. The van der Waals surface area contributed by atoms with Crippen LogP contribution in [0, 0.1) is 44.5 Å². The summed E-state index contributed by atoms with van der Waals surface area (Å²) in [6, 6.07) is 17.6. The van der Waals surface area contributed by atoms with Gasteiger partial charge in [0.15, 0.2) is 0 Å². The lowest BCUT2D eigenvalue weighted by Gasteiger charge is -2.14. The normalized spacial score (nSPS) is 11.4. The molecule has 0 unspecified atom stereocenters. The fraction of sp³-hybridized carbons (Fsp3) is 0.172. The van der Waals surface area contributed by atoms with Crippen LogP contribution >= 0.6 is 0 Å². The first-order valence-corrected chi connectivity index (χ1v) is 10.4. The number of benzene rings is 3. The highest BCUT2D eigenvalue weighted by Gasteiger charge is 2.21. The Hall–Kier alpha value is -3.42. The molecular weight excluding hydrogens is 359 g/mol. The van der Waals surface area contributed by atoms with Crippen LogP contribution in [-0.2, 0) is 0 Å². The zero-order valence-corrected chi connectivity index (χ0v) is 18.4. The average molecular weight is 384 g/mol.